The van der Waals surface area contributed by atoms with Crippen LogP contribution in [0.2, 0.25) is 0 Å². The van der Waals surface area contributed by atoms with E-state index in [2.05, 4.69) is 0 Å². The van der Waals surface area contributed by atoms with Crippen molar-refractivity contribution in [1.82, 2.24) is 4.90 Å². The number of aliphatic carboxylic acids is 1. The molecule has 20 heavy (non-hydrogen) atoms. The maximum Gasteiger partial charge on any atom is 0.410 e. The van der Waals surface area contributed by atoms with E-state index in [1.807, 2.05) is 0 Å². The lowest BCUT2D eigenvalue weighted by molar-refractivity contribution is -0.199. The van der Waals surface area contributed by atoms with Gasteiger partial charge in [-0.1, -0.05) is 0 Å². The molecule has 0 aromatic carbocycles. The predicted molar refractivity (Wildman–Crippen MR) is 63.5 cm³/mol. The molecule has 1 amide bonds. The van der Waals surface area contributed by atoms with E-state index in [1.54, 1.807) is 20.8 Å². The monoisotopic (exact) mass is 297 g/mol. The van der Waals surface area contributed by atoms with Crippen molar-refractivity contribution in [3.8, 4) is 0 Å². The Morgan fingerprint density at radius 1 is 1.30 bits per heavy atom. The van der Waals surface area contributed by atoms with Crippen molar-refractivity contribution in [1.29, 1.82) is 0 Å². The van der Waals surface area contributed by atoms with Crippen molar-refractivity contribution in [2.75, 3.05) is 13.1 Å². The Hall–Kier alpha value is -1.47. The van der Waals surface area contributed by atoms with Gasteiger partial charge in [-0.25, -0.2) is 14.0 Å². The first-order valence-electron chi connectivity index (χ1n) is 6.17. The molecule has 1 unspecified atom stereocenters. The Bertz CT molecular complexity index is 408. The van der Waals surface area contributed by atoms with Crippen molar-refractivity contribution in [2.24, 2.45) is 0 Å². The molecule has 0 radical (unpaired) electrons. The summed E-state index contributed by atoms with van der Waals surface area (Å²) in [5.74, 6) is -7.08. The standard InChI is InChI=1S/C12H18F3NO4/c1-10(2,3)20-9(19)16-6-4-5-11(13,7-16)12(14,15)8(17)18/h4-7H2,1-3H3,(H,17,18). The first-order valence-corrected chi connectivity index (χ1v) is 6.17. The van der Waals surface area contributed by atoms with E-state index in [4.69, 9.17) is 9.84 Å². The van der Waals surface area contributed by atoms with Gasteiger partial charge in [-0.05, 0) is 33.6 Å². The zero-order valence-electron chi connectivity index (χ0n) is 11.6. The van der Waals surface area contributed by atoms with Gasteiger partial charge in [0.05, 0.1) is 6.54 Å². The van der Waals surface area contributed by atoms with Gasteiger partial charge in [0.2, 0.25) is 5.67 Å². The average Bonchev–Trinajstić information content (AvgIpc) is 2.26. The molecule has 1 rings (SSSR count). The van der Waals surface area contributed by atoms with Gasteiger partial charge in [0, 0.05) is 6.54 Å². The van der Waals surface area contributed by atoms with Gasteiger partial charge in [-0.15, -0.1) is 0 Å². The molecule has 1 saturated heterocycles. The first-order chi connectivity index (χ1) is 8.89. The van der Waals surface area contributed by atoms with Crippen LogP contribution in [0.15, 0.2) is 0 Å². The number of hydrogen-bond acceptors (Lipinski definition) is 3. The molecule has 0 bridgehead atoms. The zero-order chi connectivity index (χ0) is 15.8. The summed E-state index contributed by atoms with van der Waals surface area (Å²) in [4.78, 5) is 23.0. The van der Waals surface area contributed by atoms with Crippen molar-refractivity contribution in [2.45, 2.75) is 50.8 Å². The summed E-state index contributed by atoms with van der Waals surface area (Å²) >= 11 is 0. The lowest BCUT2D eigenvalue weighted by atomic mass is 9.88. The Kier molecular flexibility index (Phi) is 4.26. The van der Waals surface area contributed by atoms with Gasteiger partial charge in [-0.2, -0.15) is 8.78 Å². The number of likely N-dealkylation sites (tertiary alicyclic amines) is 1. The molecule has 1 aliphatic heterocycles. The fraction of sp³-hybridized carbons (Fsp3) is 0.833. The van der Waals surface area contributed by atoms with E-state index < -0.39 is 42.2 Å². The van der Waals surface area contributed by atoms with Crippen LogP contribution in [0.25, 0.3) is 0 Å². The van der Waals surface area contributed by atoms with Gasteiger partial charge >= 0.3 is 18.0 Å². The fourth-order valence-electron chi connectivity index (χ4n) is 1.94. The summed E-state index contributed by atoms with van der Waals surface area (Å²) in [5.41, 5.74) is -4.13. The Balaban J connectivity index is 2.86. The molecule has 116 valence electrons. The van der Waals surface area contributed by atoms with Gasteiger partial charge in [0.1, 0.15) is 5.60 Å². The third-order valence-corrected chi connectivity index (χ3v) is 2.93. The van der Waals surface area contributed by atoms with Gasteiger partial charge in [0.15, 0.2) is 0 Å². The quantitative estimate of drug-likeness (QED) is 0.850. The molecule has 1 fully saturated rings. The number of nitrogens with zero attached hydrogens (tertiary/aromatic N) is 1. The molecule has 1 aliphatic rings. The SMILES string of the molecule is CC(C)(C)OC(=O)N1CCCC(F)(C(F)(F)C(=O)O)C1. The van der Waals surface area contributed by atoms with E-state index in [0.717, 1.165) is 4.90 Å². The van der Waals surface area contributed by atoms with E-state index in [0.29, 0.717) is 0 Å². The van der Waals surface area contributed by atoms with Crippen LogP contribution in [-0.4, -0.2) is 52.4 Å². The van der Waals surface area contributed by atoms with Crippen LogP contribution in [0.1, 0.15) is 33.6 Å². The number of carbonyl (C=O) groups excluding carboxylic acids is 1. The minimum absolute atomic E-state index is 0.0519. The highest BCUT2D eigenvalue weighted by atomic mass is 19.3. The predicted octanol–water partition coefficient (Wildman–Crippen LogP) is 2.45. The summed E-state index contributed by atoms with van der Waals surface area (Å²) in [6.07, 6.45) is -1.61. The summed E-state index contributed by atoms with van der Waals surface area (Å²) < 4.78 is 46.1. The highest BCUT2D eigenvalue weighted by molar-refractivity contribution is 5.77. The van der Waals surface area contributed by atoms with E-state index >= 15 is 0 Å². The molecule has 8 heteroatoms. The van der Waals surface area contributed by atoms with Crippen molar-refractivity contribution in [3.05, 3.63) is 0 Å². The normalized spacial score (nSPS) is 24.4. The summed E-state index contributed by atoms with van der Waals surface area (Å²) in [5, 5.41) is 8.45. The summed E-state index contributed by atoms with van der Waals surface area (Å²) in [6.45, 7) is 3.81. The summed E-state index contributed by atoms with van der Waals surface area (Å²) in [7, 11) is 0. The lowest BCUT2D eigenvalue weighted by Gasteiger charge is -2.40. The third-order valence-electron chi connectivity index (χ3n) is 2.93. The van der Waals surface area contributed by atoms with E-state index in [9.17, 15) is 22.8 Å². The molecule has 1 heterocycles. The largest absolute Gasteiger partial charge is 0.477 e. The number of amides is 1. The molecule has 0 aliphatic carbocycles. The van der Waals surface area contributed by atoms with E-state index in [1.165, 1.54) is 0 Å². The molecule has 1 atom stereocenters. The number of halogens is 3. The number of rotatable bonds is 2. The molecule has 5 nitrogen and oxygen atoms in total. The average molecular weight is 297 g/mol. The molecule has 0 aromatic rings. The number of carbonyl (C=O) groups is 2. The van der Waals surface area contributed by atoms with Crippen LogP contribution in [0, 0.1) is 0 Å². The Morgan fingerprint density at radius 3 is 2.30 bits per heavy atom. The number of carboxylic acid groups (broad SMARTS) is 1. The molecule has 0 aromatic heterocycles. The number of ether oxygens (including phenoxy) is 1. The highest BCUT2D eigenvalue weighted by Gasteiger charge is 2.62. The maximum absolute atomic E-state index is 14.3. The van der Waals surface area contributed by atoms with Crippen molar-refractivity contribution in [3.63, 3.8) is 0 Å². The van der Waals surface area contributed by atoms with Crippen LogP contribution < -0.4 is 0 Å². The Labute approximate surface area is 114 Å². The smallest absolute Gasteiger partial charge is 0.410 e. The lowest BCUT2D eigenvalue weighted by Crippen LogP contribution is -2.60. The molecule has 0 saturated carbocycles. The topological polar surface area (TPSA) is 66.8 Å². The second-order valence-corrected chi connectivity index (χ2v) is 5.85. The van der Waals surface area contributed by atoms with Crippen LogP contribution in [0.3, 0.4) is 0 Å². The van der Waals surface area contributed by atoms with Crippen LogP contribution >= 0.6 is 0 Å². The minimum Gasteiger partial charge on any atom is -0.477 e. The van der Waals surface area contributed by atoms with E-state index in [-0.39, 0.29) is 13.0 Å². The second-order valence-electron chi connectivity index (χ2n) is 5.85. The fourth-order valence-corrected chi connectivity index (χ4v) is 1.94. The molecular formula is C12H18F3NO4. The Morgan fingerprint density at radius 2 is 1.85 bits per heavy atom. The third kappa shape index (κ3) is 3.34. The number of piperidine rings is 1. The minimum atomic E-state index is -4.55. The van der Waals surface area contributed by atoms with Gasteiger partial charge < -0.3 is 14.7 Å². The number of hydrogen-bond donors (Lipinski definition) is 1. The van der Waals surface area contributed by atoms with Crippen molar-refractivity contribution < 1.29 is 32.6 Å². The molecule has 0 spiro atoms. The zero-order valence-corrected chi connectivity index (χ0v) is 11.6. The summed E-state index contributed by atoms with van der Waals surface area (Å²) in [6, 6.07) is 0. The molecular weight excluding hydrogens is 279 g/mol. The van der Waals surface area contributed by atoms with Crippen LogP contribution in [0.5, 0.6) is 0 Å². The van der Waals surface area contributed by atoms with Crippen LogP contribution in [-0.2, 0) is 9.53 Å². The van der Waals surface area contributed by atoms with Gasteiger partial charge in [-0.3, -0.25) is 0 Å². The van der Waals surface area contributed by atoms with Gasteiger partial charge in [0.25, 0.3) is 0 Å². The first kappa shape index (κ1) is 16.6. The number of carboxylic acids is 1. The highest BCUT2D eigenvalue weighted by Crippen LogP contribution is 2.40. The van der Waals surface area contributed by atoms with Crippen molar-refractivity contribution >= 4 is 12.1 Å². The molecule has 1 N–H and O–H groups in total. The second kappa shape index (κ2) is 5.14. The maximum atomic E-state index is 14.3. The number of alkyl halides is 3. The van der Waals surface area contributed by atoms with Crippen LogP contribution in [0.4, 0.5) is 18.0 Å².